The summed E-state index contributed by atoms with van der Waals surface area (Å²) in [5, 5.41) is 0. The van der Waals surface area contributed by atoms with E-state index in [1.54, 1.807) is 9.47 Å². The van der Waals surface area contributed by atoms with E-state index < -0.39 is 36.3 Å². The van der Waals surface area contributed by atoms with Crippen LogP contribution in [0, 0.1) is 0 Å². The van der Waals surface area contributed by atoms with E-state index in [-0.39, 0.29) is 0 Å². The molecule has 0 spiro atoms. The number of hydrogen-bond acceptors (Lipinski definition) is 2. The maximum Gasteiger partial charge on any atom is 0.458 e. The summed E-state index contributed by atoms with van der Waals surface area (Å²) in [4.78, 5) is 0. The van der Waals surface area contributed by atoms with Gasteiger partial charge in [0.1, 0.15) is 0 Å². The lowest BCUT2D eigenvalue weighted by Crippen LogP contribution is -2.75. The molecule has 0 amide bonds. The monoisotopic (exact) mass is 332 g/mol. The highest BCUT2D eigenvalue weighted by Crippen LogP contribution is 2.61. The topological polar surface area (TPSA) is 18.5 Å². The maximum atomic E-state index is 12.8. The van der Waals surface area contributed by atoms with Gasteiger partial charge in [0.15, 0.2) is 0 Å². The number of alkyl halides is 12. The van der Waals surface area contributed by atoms with Gasteiger partial charge in [-0.15, -0.1) is 0 Å². The normalized spacial score (nSPS) is 37.8. The van der Waals surface area contributed by atoms with E-state index in [1.165, 1.54) is 0 Å². The van der Waals surface area contributed by atoms with Gasteiger partial charge in [-0.2, -0.15) is 52.7 Å². The molecule has 0 radical (unpaired) electrons. The minimum Gasteiger partial charge on any atom is -0.263 e. The summed E-state index contributed by atoms with van der Waals surface area (Å²) in [6, 6.07) is 0. The van der Waals surface area contributed by atoms with Gasteiger partial charge in [-0.3, -0.25) is 9.47 Å². The second-order valence-corrected chi connectivity index (χ2v) is 3.42. The molecular formula is C6F12O2. The number of halogens is 12. The van der Waals surface area contributed by atoms with Crippen molar-refractivity contribution in [3.63, 3.8) is 0 Å². The van der Waals surface area contributed by atoms with E-state index >= 15 is 0 Å². The lowest BCUT2D eigenvalue weighted by atomic mass is 10.1. The van der Waals surface area contributed by atoms with Crippen LogP contribution in [0.2, 0.25) is 0 Å². The van der Waals surface area contributed by atoms with Crippen molar-refractivity contribution in [2.45, 2.75) is 36.3 Å². The predicted molar refractivity (Wildman–Crippen MR) is 31.9 cm³/mol. The third-order valence-corrected chi connectivity index (χ3v) is 2.02. The summed E-state index contributed by atoms with van der Waals surface area (Å²) in [6.45, 7) is 0. The van der Waals surface area contributed by atoms with Crippen LogP contribution in [0.15, 0.2) is 0 Å². The molecule has 1 saturated heterocycles. The first-order valence-electron chi connectivity index (χ1n) is 4.08. The Hall–Kier alpha value is -0.920. The smallest absolute Gasteiger partial charge is 0.263 e. The van der Waals surface area contributed by atoms with Gasteiger partial charge in [0.25, 0.3) is 0 Å². The number of hydrogen-bond donors (Lipinski definition) is 0. The van der Waals surface area contributed by atoms with Gasteiger partial charge in [-0.1, -0.05) is 0 Å². The van der Waals surface area contributed by atoms with E-state index in [2.05, 4.69) is 0 Å². The van der Waals surface area contributed by atoms with Crippen molar-refractivity contribution in [2.75, 3.05) is 0 Å². The zero-order chi connectivity index (χ0) is 16.4. The second-order valence-electron chi connectivity index (χ2n) is 3.42. The predicted octanol–water partition coefficient (Wildman–Crippen LogP) is 3.67. The molecule has 0 saturated carbocycles. The van der Waals surface area contributed by atoms with Crippen molar-refractivity contribution in [1.82, 2.24) is 0 Å². The standard InChI is InChI=1S/C6F12O2/c7-1(3(9,10)11)5(15,16)20-2(8,4(12,13)14)6(17,18)19-1/t1-,2-/m0/s1. The Morgan fingerprint density at radius 1 is 0.500 bits per heavy atom. The van der Waals surface area contributed by atoms with E-state index in [0.29, 0.717) is 0 Å². The highest BCUT2D eigenvalue weighted by molar-refractivity contribution is 5.00. The van der Waals surface area contributed by atoms with Crippen molar-refractivity contribution in [3.8, 4) is 0 Å². The average Bonchev–Trinajstić information content (AvgIpc) is 2.09. The Balaban J connectivity index is 3.44. The first-order valence-corrected chi connectivity index (χ1v) is 4.08. The van der Waals surface area contributed by atoms with Crippen LogP contribution in [0.4, 0.5) is 52.7 Å². The fraction of sp³-hybridized carbons (Fsp3) is 1.00. The van der Waals surface area contributed by atoms with Crippen molar-refractivity contribution >= 4 is 0 Å². The van der Waals surface area contributed by atoms with Crippen LogP contribution in [0.1, 0.15) is 0 Å². The zero-order valence-electron chi connectivity index (χ0n) is 8.35. The van der Waals surface area contributed by atoms with Crippen LogP contribution in [0.5, 0.6) is 0 Å². The number of ether oxygens (including phenoxy) is 2. The summed E-state index contributed by atoms with van der Waals surface area (Å²) in [5.74, 6) is -13.4. The molecule has 20 heavy (non-hydrogen) atoms. The van der Waals surface area contributed by atoms with E-state index in [0.717, 1.165) is 0 Å². The summed E-state index contributed by atoms with van der Waals surface area (Å²) < 4.78 is 151. The highest BCUT2D eigenvalue weighted by atomic mass is 19.4. The third kappa shape index (κ3) is 1.99. The number of rotatable bonds is 0. The van der Waals surface area contributed by atoms with Gasteiger partial charge in [0, 0.05) is 0 Å². The summed E-state index contributed by atoms with van der Waals surface area (Å²) >= 11 is 0. The molecule has 1 fully saturated rings. The van der Waals surface area contributed by atoms with Crippen LogP contribution >= 0.6 is 0 Å². The SMILES string of the molecule is FC(F)(F)[C@]1(F)OC(F)(F)[C@](F)(C(F)(F)F)OC1(F)F. The third-order valence-electron chi connectivity index (χ3n) is 2.02. The lowest BCUT2D eigenvalue weighted by molar-refractivity contribution is -0.618. The van der Waals surface area contributed by atoms with Crippen molar-refractivity contribution in [1.29, 1.82) is 0 Å². The van der Waals surface area contributed by atoms with E-state index in [9.17, 15) is 52.7 Å². The van der Waals surface area contributed by atoms with Crippen LogP contribution in [0.3, 0.4) is 0 Å². The Kier molecular flexibility index (Phi) is 3.29. The molecule has 0 aromatic heterocycles. The molecule has 120 valence electrons. The van der Waals surface area contributed by atoms with Crippen LogP contribution in [-0.4, -0.2) is 36.3 Å². The van der Waals surface area contributed by atoms with Crippen molar-refractivity contribution < 1.29 is 62.2 Å². The van der Waals surface area contributed by atoms with Gasteiger partial charge in [-0.25, -0.2) is 0 Å². The molecule has 0 aliphatic carbocycles. The summed E-state index contributed by atoms with van der Waals surface area (Å²) in [7, 11) is 0. The first-order chi connectivity index (χ1) is 8.41. The molecule has 14 heteroatoms. The van der Waals surface area contributed by atoms with E-state index in [4.69, 9.17) is 0 Å². The Morgan fingerprint density at radius 3 is 0.850 bits per heavy atom. The molecule has 2 nitrogen and oxygen atoms in total. The Morgan fingerprint density at radius 2 is 0.700 bits per heavy atom. The van der Waals surface area contributed by atoms with Gasteiger partial charge < -0.3 is 0 Å². The van der Waals surface area contributed by atoms with Crippen molar-refractivity contribution in [3.05, 3.63) is 0 Å². The molecule has 1 aliphatic rings. The molecule has 1 rings (SSSR count). The van der Waals surface area contributed by atoms with Gasteiger partial charge in [0.2, 0.25) is 0 Å². The van der Waals surface area contributed by atoms with Crippen LogP contribution in [0.25, 0.3) is 0 Å². The zero-order valence-corrected chi connectivity index (χ0v) is 8.35. The minimum absolute atomic E-state index is 1.79. The largest absolute Gasteiger partial charge is 0.458 e. The van der Waals surface area contributed by atoms with Gasteiger partial charge >= 0.3 is 36.3 Å². The highest BCUT2D eigenvalue weighted by Gasteiger charge is 2.90. The second kappa shape index (κ2) is 3.84. The molecule has 0 N–H and O–H groups in total. The molecule has 0 bridgehead atoms. The van der Waals surface area contributed by atoms with Gasteiger partial charge in [-0.05, 0) is 0 Å². The fourth-order valence-electron chi connectivity index (χ4n) is 1.05. The van der Waals surface area contributed by atoms with Crippen LogP contribution in [-0.2, 0) is 9.47 Å². The lowest BCUT2D eigenvalue weighted by Gasteiger charge is -2.46. The van der Waals surface area contributed by atoms with Gasteiger partial charge in [0.05, 0.1) is 0 Å². The minimum atomic E-state index is -6.94. The molecule has 0 aromatic carbocycles. The molecule has 2 atom stereocenters. The van der Waals surface area contributed by atoms with Crippen molar-refractivity contribution in [2.24, 2.45) is 0 Å². The molecular weight excluding hydrogens is 332 g/mol. The maximum absolute atomic E-state index is 12.8. The summed E-state index contributed by atoms with van der Waals surface area (Å²) in [6.07, 6.45) is -27.3. The molecule has 0 aromatic rings. The molecule has 1 heterocycles. The average molecular weight is 332 g/mol. The van der Waals surface area contributed by atoms with Crippen LogP contribution < -0.4 is 0 Å². The Bertz CT molecular complexity index is 360. The summed E-state index contributed by atoms with van der Waals surface area (Å²) in [5.41, 5.74) is 0. The first kappa shape index (κ1) is 17.1. The molecule has 1 aliphatic heterocycles. The fourth-order valence-corrected chi connectivity index (χ4v) is 1.05. The Labute approximate surface area is 99.8 Å². The molecule has 0 unspecified atom stereocenters. The van der Waals surface area contributed by atoms with E-state index in [1.807, 2.05) is 0 Å². The quantitative estimate of drug-likeness (QED) is 0.630.